The van der Waals surface area contributed by atoms with Gasteiger partial charge in [-0.25, -0.2) is 8.42 Å². The lowest BCUT2D eigenvalue weighted by Gasteiger charge is -2.19. The summed E-state index contributed by atoms with van der Waals surface area (Å²) in [4.78, 5) is 27.4. The number of amides is 2. The van der Waals surface area contributed by atoms with E-state index < -0.39 is 21.8 Å². The highest BCUT2D eigenvalue weighted by atomic mass is 32.2. The second-order valence-corrected chi connectivity index (χ2v) is 10.7. The zero-order valence-electron chi connectivity index (χ0n) is 20.1. The number of nitrogens with zero attached hydrogens (tertiary/aromatic N) is 2. The lowest BCUT2D eigenvalue weighted by molar-refractivity contribution is 0.0669. The number of fused-ring (bicyclic) bond motifs is 1. The maximum atomic E-state index is 13.3. The topological polar surface area (TPSA) is 107 Å². The van der Waals surface area contributed by atoms with Crippen LogP contribution < -0.4 is 4.72 Å². The molecular weight excluding hydrogens is 462 g/mol. The van der Waals surface area contributed by atoms with E-state index in [2.05, 4.69) is 11.3 Å². The molecule has 1 aliphatic heterocycles. The van der Waals surface area contributed by atoms with Crippen LogP contribution in [0.2, 0.25) is 0 Å². The first-order valence-electron chi connectivity index (χ1n) is 11.0. The highest BCUT2D eigenvalue weighted by Crippen LogP contribution is 2.34. The Morgan fingerprint density at radius 1 is 1.09 bits per heavy atom. The van der Waals surface area contributed by atoms with E-state index in [1.165, 1.54) is 24.3 Å². The number of nitriles is 1. The Morgan fingerprint density at radius 2 is 1.71 bits per heavy atom. The minimum Gasteiger partial charge on any atom is -0.279 e. The molecule has 0 saturated carbocycles. The van der Waals surface area contributed by atoms with E-state index in [4.69, 9.17) is 0 Å². The van der Waals surface area contributed by atoms with Crippen molar-refractivity contribution < 1.29 is 18.0 Å². The third-order valence-electron chi connectivity index (χ3n) is 5.68. The lowest BCUT2D eigenvalue weighted by atomic mass is 9.87. The van der Waals surface area contributed by atoms with Gasteiger partial charge in [-0.05, 0) is 47.7 Å². The molecule has 8 heteroatoms. The summed E-state index contributed by atoms with van der Waals surface area (Å²) in [5.41, 5.74) is 1.21. The quantitative estimate of drug-likeness (QED) is 0.438. The van der Waals surface area contributed by atoms with Gasteiger partial charge < -0.3 is 0 Å². The number of hydrogen-bond donors (Lipinski definition) is 1. The minimum absolute atomic E-state index is 0.00184. The van der Waals surface area contributed by atoms with Crippen LogP contribution in [0.1, 0.15) is 59.5 Å². The van der Waals surface area contributed by atoms with E-state index >= 15 is 0 Å². The zero-order valence-corrected chi connectivity index (χ0v) is 20.9. The molecule has 0 spiro atoms. The minimum atomic E-state index is -4.06. The molecule has 2 aromatic rings. The number of anilines is 1. The summed E-state index contributed by atoms with van der Waals surface area (Å²) in [7, 11) is -4.06. The van der Waals surface area contributed by atoms with Gasteiger partial charge in [-0.15, -0.1) is 0 Å². The van der Waals surface area contributed by atoms with Crippen LogP contribution in [0.25, 0.3) is 0 Å². The first kappa shape index (κ1) is 25.7. The van der Waals surface area contributed by atoms with Gasteiger partial charge in [0.2, 0.25) is 0 Å². The second-order valence-electron chi connectivity index (χ2n) is 9.06. The highest BCUT2D eigenvalue weighted by molar-refractivity contribution is 7.92. The fourth-order valence-electron chi connectivity index (χ4n) is 3.68. The number of nitrogens with one attached hydrogen (secondary N) is 1. The molecule has 0 radical (unpaired) electrons. The summed E-state index contributed by atoms with van der Waals surface area (Å²) in [6, 6.07) is 11.1. The van der Waals surface area contributed by atoms with Gasteiger partial charge in [0, 0.05) is 0 Å². The van der Waals surface area contributed by atoms with Crippen molar-refractivity contribution in [3.8, 4) is 6.07 Å². The molecule has 2 aromatic carbocycles. The van der Waals surface area contributed by atoms with Gasteiger partial charge in [0.15, 0.2) is 0 Å². The van der Waals surface area contributed by atoms with Crippen molar-refractivity contribution in [2.45, 2.75) is 38.0 Å². The Hall–Kier alpha value is -3.96. The predicted octanol–water partition coefficient (Wildman–Crippen LogP) is 4.94. The number of imide groups is 1. The van der Waals surface area contributed by atoms with Crippen molar-refractivity contribution in [2.75, 3.05) is 11.3 Å². The van der Waals surface area contributed by atoms with E-state index in [0.29, 0.717) is 5.57 Å². The van der Waals surface area contributed by atoms with Crippen molar-refractivity contribution in [1.29, 1.82) is 5.26 Å². The largest absolute Gasteiger partial charge is 0.279 e. The highest BCUT2D eigenvalue weighted by Gasteiger charge is 2.40. The number of carbonyl (C=O) groups is 2. The lowest BCUT2D eigenvalue weighted by Crippen LogP contribution is -2.31. The Kier molecular flexibility index (Phi) is 7.13. The molecular formula is C27H27N3O4S. The van der Waals surface area contributed by atoms with Gasteiger partial charge in [0.05, 0.1) is 39.9 Å². The van der Waals surface area contributed by atoms with Crippen molar-refractivity contribution in [1.82, 2.24) is 4.90 Å². The van der Waals surface area contributed by atoms with Crippen molar-refractivity contribution in [2.24, 2.45) is 0 Å². The average Bonchev–Trinajstić information content (AvgIpc) is 3.06. The molecule has 2 amide bonds. The van der Waals surface area contributed by atoms with Gasteiger partial charge in [-0.2, -0.15) is 5.26 Å². The molecule has 0 fully saturated rings. The number of rotatable bonds is 7. The summed E-state index contributed by atoms with van der Waals surface area (Å²) in [5.74, 6) is -1.32. The fraction of sp³-hybridized carbons (Fsp3) is 0.222. The van der Waals surface area contributed by atoms with Gasteiger partial charge in [-0.3, -0.25) is 19.2 Å². The van der Waals surface area contributed by atoms with Gasteiger partial charge >= 0.3 is 0 Å². The van der Waals surface area contributed by atoms with Crippen LogP contribution in [-0.2, 0) is 15.4 Å². The maximum absolute atomic E-state index is 13.3. The second kappa shape index (κ2) is 9.72. The maximum Gasteiger partial charge on any atom is 0.264 e. The van der Waals surface area contributed by atoms with Crippen LogP contribution in [0.15, 0.2) is 77.7 Å². The molecule has 0 atom stereocenters. The number of benzene rings is 2. The third-order valence-corrected chi connectivity index (χ3v) is 7.06. The van der Waals surface area contributed by atoms with E-state index in [1.807, 2.05) is 26.8 Å². The van der Waals surface area contributed by atoms with Crippen molar-refractivity contribution >= 4 is 27.5 Å². The van der Waals surface area contributed by atoms with Crippen LogP contribution in [-0.4, -0.2) is 31.7 Å². The number of sulfonamides is 1. The van der Waals surface area contributed by atoms with Gasteiger partial charge in [0.1, 0.15) is 0 Å². The molecule has 0 aromatic heterocycles. The van der Waals surface area contributed by atoms with Crippen molar-refractivity contribution in [3.63, 3.8) is 0 Å². The summed E-state index contributed by atoms with van der Waals surface area (Å²) >= 11 is 0. The molecule has 0 bridgehead atoms. The molecule has 0 unspecified atom stereocenters. The third kappa shape index (κ3) is 5.10. The molecule has 3 rings (SSSR count). The SMILES string of the molecule is C=C/C=C\C(=C/C)CN1C(=O)c2c(C#N)ccc(NS(=O)(=O)c3ccc(C(C)(C)C)cc3)c2C1=O. The van der Waals surface area contributed by atoms with E-state index in [-0.39, 0.29) is 39.2 Å². The van der Waals surface area contributed by atoms with E-state index in [0.717, 1.165) is 10.5 Å². The summed E-state index contributed by atoms with van der Waals surface area (Å²) in [5, 5.41) is 9.53. The van der Waals surface area contributed by atoms with Crippen LogP contribution in [0.5, 0.6) is 0 Å². The molecule has 1 aliphatic rings. The first-order chi connectivity index (χ1) is 16.4. The van der Waals surface area contributed by atoms with Crippen LogP contribution in [0.3, 0.4) is 0 Å². The number of allylic oxidation sites excluding steroid dienone is 3. The molecule has 1 heterocycles. The molecule has 7 nitrogen and oxygen atoms in total. The molecule has 0 saturated heterocycles. The Labute approximate surface area is 206 Å². The number of carbonyl (C=O) groups excluding carboxylic acids is 2. The smallest absolute Gasteiger partial charge is 0.264 e. The summed E-state index contributed by atoms with van der Waals surface area (Å²) < 4.78 is 28.7. The molecule has 1 N–H and O–H groups in total. The van der Waals surface area contributed by atoms with Crippen LogP contribution in [0.4, 0.5) is 5.69 Å². The number of hydrogen-bond acceptors (Lipinski definition) is 5. The molecule has 35 heavy (non-hydrogen) atoms. The van der Waals surface area contributed by atoms with Gasteiger partial charge in [0.25, 0.3) is 21.8 Å². The van der Waals surface area contributed by atoms with Crippen LogP contribution in [0, 0.1) is 11.3 Å². The van der Waals surface area contributed by atoms with E-state index in [1.54, 1.807) is 43.4 Å². The van der Waals surface area contributed by atoms with E-state index in [9.17, 15) is 23.3 Å². The Bertz CT molecular complexity index is 1400. The molecule has 0 aliphatic carbocycles. The average molecular weight is 490 g/mol. The standard InChI is InChI=1S/C27H27N3O4S/c1-6-8-9-18(7-2)17-30-25(31)23-19(16-28)10-15-22(24(23)26(30)32)29-35(33,34)21-13-11-20(12-14-21)27(3,4)5/h6-15,29H,1,17H2,2-5H3/b9-8-,18-7+. The predicted molar refractivity (Wildman–Crippen MR) is 136 cm³/mol. The summed E-state index contributed by atoms with van der Waals surface area (Å²) in [6.45, 7) is 11.4. The Balaban J connectivity index is 2.02. The molecule has 180 valence electrons. The monoisotopic (exact) mass is 489 g/mol. The fourth-order valence-corrected chi connectivity index (χ4v) is 4.75. The summed E-state index contributed by atoms with van der Waals surface area (Å²) in [6.07, 6.45) is 6.71. The van der Waals surface area contributed by atoms with Gasteiger partial charge in [-0.1, -0.05) is 63.8 Å². The van der Waals surface area contributed by atoms with Crippen LogP contribution >= 0.6 is 0 Å². The Morgan fingerprint density at radius 3 is 2.26 bits per heavy atom. The zero-order chi connectivity index (χ0) is 26.0. The first-order valence-corrected chi connectivity index (χ1v) is 12.4. The normalized spacial score (nSPS) is 14.3. The van der Waals surface area contributed by atoms with Crippen molar-refractivity contribution in [3.05, 3.63) is 95.1 Å².